The SMILES string of the molecule is CCCCCCCCCCc1ccc(-c2ncc(OCC(F)CCC(F)CCCCC)cn2)cc1. The zero-order valence-electron chi connectivity index (χ0n) is 22.0. The van der Waals surface area contributed by atoms with Crippen molar-refractivity contribution in [1.29, 1.82) is 0 Å². The van der Waals surface area contributed by atoms with E-state index in [0.29, 0.717) is 18.0 Å². The largest absolute Gasteiger partial charge is 0.487 e. The van der Waals surface area contributed by atoms with Crippen molar-refractivity contribution in [2.75, 3.05) is 6.61 Å². The number of ether oxygens (including phenoxy) is 1. The number of nitrogens with zero attached hydrogens (tertiary/aromatic N) is 2. The van der Waals surface area contributed by atoms with Crippen LogP contribution in [0, 0.1) is 0 Å². The number of hydrogen-bond acceptors (Lipinski definition) is 3. The molecule has 0 fully saturated rings. The van der Waals surface area contributed by atoms with Crippen molar-refractivity contribution in [2.45, 2.75) is 123 Å². The molecule has 1 heterocycles. The summed E-state index contributed by atoms with van der Waals surface area (Å²) < 4.78 is 33.4. The van der Waals surface area contributed by atoms with Crippen LogP contribution in [-0.4, -0.2) is 28.9 Å². The number of alkyl halides is 2. The van der Waals surface area contributed by atoms with Crippen LogP contribution in [0.2, 0.25) is 0 Å². The molecule has 0 spiro atoms. The molecule has 0 saturated heterocycles. The number of aryl methyl sites for hydroxylation is 1. The number of aromatic nitrogens is 2. The molecule has 0 saturated carbocycles. The Labute approximate surface area is 212 Å². The topological polar surface area (TPSA) is 35.0 Å². The molecule has 196 valence electrons. The maximum atomic E-state index is 14.1. The zero-order chi connectivity index (χ0) is 25.1. The van der Waals surface area contributed by atoms with E-state index in [2.05, 4.69) is 48.1 Å². The molecule has 5 heteroatoms. The quantitative estimate of drug-likeness (QED) is 0.174. The molecule has 2 rings (SSSR count). The van der Waals surface area contributed by atoms with Gasteiger partial charge in [0, 0.05) is 5.56 Å². The molecular weight excluding hydrogens is 442 g/mol. The highest BCUT2D eigenvalue weighted by Gasteiger charge is 2.13. The number of rotatable bonds is 20. The molecule has 0 bridgehead atoms. The zero-order valence-corrected chi connectivity index (χ0v) is 22.0. The van der Waals surface area contributed by atoms with E-state index >= 15 is 0 Å². The fourth-order valence-electron chi connectivity index (χ4n) is 4.22. The molecular formula is C30H46F2N2O. The Hall–Kier alpha value is -2.04. The van der Waals surface area contributed by atoms with Gasteiger partial charge in [0.25, 0.3) is 0 Å². The first kappa shape index (κ1) is 29.2. The van der Waals surface area contributed by atoms with Gasteiger partial charge < -0.3 is 4.74 Å². The van der Waals surface area contributed by atoms with Crippen molar-refractivity contribution >= 4 is 0 Å². The molecule has 2 aromatic rings. The van der Waals surface area contributed by atoms with E-state index in [0.717, 1.165) is 31.2 Å². The average molecular weight is 489 g/mol. The number of hydrogen-bond donors (Lipinski definition) is 0. The fourth-order valence-corrected chi connectivity index (χ4v) is 4.22. The summed E-state index contributed by atoms with van der Waals surface area (Å²) in [7, 11) is 0. The van der Waals surface area contributed by atoms with Gasteiger partial charge in [0.1, 0.15) is 19.0 Å². The number of benzene rings is 1. The maximum Gasteiger partial charge on any atom is 0.159 e. The summed E-state index contributed by atoms with van der Waals surface area (Å²) in [6.07, 6.45) is 16.7. The molecule has 1 aromatic heterocycles. The molecule has 35 heavy (non-hydrogen) atoms. The van der Waals surface area contributed by atoms with Gasteiger partial charge in [0.2, 0.25) is 0 Å². The summed E-state index contributed by atoms with van der Waals surface area (Å²) in [6, 6.07) is 8.42. The third-order valence-corrected chi connectivity index (χ3v) is 6.50. The Bertz CT molecular complexity index is 767. The Kier molecular flexibility index (Phi) is 15.2. The lowest BCUT2D eigenvalue weighted by molar-refractivity contribution is 0.167. The minimum absolute atomic E-state index is 0.0994. The van der Waals surface area contributed by atoms with Crippen LogP contribution in [0.1, 0.15) is 109 Å². The van der Waals surface area contributed by atoms with Gasteiger partial charge in [-0.25, -0.2) is 18.7 Å². The van der Waals surface area contributed by atoms with Crippen molar-refractivity contribution in [3.8, 4) is 17.1 Å². The van der Waals surface area contributed by atoms with Crippen LogP contribution in [-0.2, 0) is 6.42 Å². The summed E-state index contributed by atoms with van der Waals surface area (Å²) in [5, 5.41) is 0. The fraction of sp³-hybridized carbons (Fsp3) is 0.667. The summed E-state index contributed by atoms with van der Waals surface area (Å²) in [5.41, 5.74) is 2.30. The van der Waals surface area contributed by atoms with Gasteiger partial charge in [-0.15, -0.1) is 0 Å². The third-order valence-electron chi connectivity index (χ3n) is 6.50. The first-order valence-corrected chi connectivity index (χ1v) is 13.9. The van der Waals surface area contributed by atoms with Gasteiger partial charge >= 0.3 is 0 Å². The van der Waals surface area contributed by atoms with Crippen LogP contribution in [0.4, 0.5) is 8.78 Å². The van der Waals surface area contributed by atoms with E-state index in [4.69, 9.17) is 4.74 Å². The molecule has 0 aliphatic heterocycles. The molecule has 0 radical (unpaired) electrons. The van der Waals surface area contributed by atoms with E-state index in [1.165, 1.54) is 56.9 Å². The van der Waals surface area contributed by atoms with Crippen molar-refractivity contribution in [2.24, 2.45) is 0 Å². The smallest absolute Gasteiger partial charge is 0.159 e. The molecule has 2 unspecified atom stereocenters. The Balaban J connectivity index is 1.65. The first-order valence-electron chi connectivity index (χ1n) is 13.9. The third kappa shape index (κ3) is 13.0. The van der Waals surface area contributed by atoms with Crippen LogP contribution in [0.25, 0.3) is 11.4 Å². The van der Waals surface area contributed by atoms with E-state index in [1.54, 1.807) is 12.4 Å². The van der Waals surface area contributed by atoms with Gasteiger partial charge in [-0.2, -0.15) is 0 Å². The van der Waals surface area contributed by atoms with Crippen LogP contribution in [0.5, 0.6) is 5.75 Å². The summed E-state index contributed by atoms with van der Waals surface area (Å²) >= 11 is 0. The van der Waals surface area contributed by atoms with E-state index in [-0.39, 0.29) is 19.4 Å². The lowest BCUT2D eigenvalue weighted by Crippen LogP contribution is -2.15. The normalized spacial score (nSPS) is 13.0. The highest BCUT2D eigenvalue weighted by Crippen LogP contribution is 2.20. The van der Waals surface area contributed by atoms with Crippen molar-refractivity contribution in [3.63, 3.8) is 0 Å². The van der Waals surface area contributed by atoms with Gasteiger partial charge in [-0.1, -0.05) is 102 Å². The molecule has 0 aliphatic carbocycles. The molecule has 1 aromatic carbocycles. The Morgan fingerprint density at radius 2 is 1.26 bits per heavy atom. The second-order valence-electron chi connectivity index (χ2n) is 9.74. The second kappa shape index (κ2) is 18.3. The van der Waals surface area contributed by atoms with Gasteiger partial charge in [0.05, 0.1) is 12.4 Å². The molecule has 0 aliphatic rings. The van der Waals surface area contributed by atoms with Gasteiger partial charge in [0.15, 0.2) is 11.6 Å². The summed E-state index contributed by atoms with van der Waals surface area (Å²) in [5.74, 6) is 1.06. The van der Waals surface area contributed by atoms with Crippen molar-refractivity contribution < 1.29 is 13.5 Å². The lowest BCUT2D eigenvalue weighted by Gasteiger charge is -2.12. The van der Waals surface area contributed by atoms with Crippen molar-refractivity contribution in [3.05, 3.63) is 42.2 Å². The predicted molar refractivity (Wildman–Crippen MR) is 142 cm³/mol. The number of unbranched alkanes of at least 4 members (excludes halogenated alkanes) is 9. The first-order chi connectivity index (χ1) is 17.1. The molecule has 0 N–H and O–H groups in total. The summed E-state index contributed by atoms with van der Waals surface area (Å²) in [6.45, 7) is 4.25. The van der Waals surface area contributed by atoms with E-state index in [9.17, 15) is 8.78 Å². The molecule has 2 atom stereocenters. The summed E-state index contributed by atoms with van der Waals surface area (Å²) in [4.78, 5) is 8.74. The minimum atomic E-state index is -1.19. The van der Waals surface area contributed by atoms with Gasteiger partial charge in [-0.3, -0.25) is 0 Å². The predicted octanol–water partition coefficient (Wildman–Crippen LogP) is 9.24. The lowest BCUT2D eigenvalue weighted by atomic mass is 10.0. The second-order valence-corrected chi connectivity index (χ2v) is 9.74. The van der Waals surface area contributed by atoms with Crippen LogP contribution in [0.3, 0.4) is 0 Å². The minimum Gasteiger partial charge on any atom is -0.487 e. The average Bonchev–Trinajstić information content (AvgIpc) is 2.88. The van der Waals surface area contributed by atoms with Crippen LogP contribution < -0.4 is 4.74 Å². The molecule has 3 nitrogen and oxygen atoms in total. The van der Waals surface area contributed by atoms with Crippen molar-refractivity contribution in [1.82, 2.24) is 9.97 Å². The molecule has 0 amide bonds. The number of halogens is 2. The van der Waals surface area contributed by atoms with Crippen LogP contribution >= 0.6 is 0 Å². The standard InChI is InChI=1S/C30H46F2N2O/c1-3-5-7-8-9-10-11-13-14-25-16-18-26(19-17-25)30-33-22-29(23-34-30)35-24-28(32)21-20-27(31)15-12-6-4-2/h16-19,22-23,27-28H,3-15,20-21,24H2,1-2H3. The highest BCUT2D eigenvalue weighted by atomic mass is 19.1. The Morgan fingerprint density at radius 3 is 1.91 bits per heavy atom. The Morgan fingerprint density at radius 1 is 0.686 bits per heavy atom. The van der Waals surface area contributed by atoms with E-state index < -0.39 is 12.3 Å². The van der Waals surface area contributed by atoms with E-state index in [1.807, 2.05) is 0 Å². The maximum absolute atomic E-state index is 14.1. The van der Waals surface area contributed by atoms with Crippen LogP contribution in [0.15, 0.2) is 36.7 Å². The monoisotopic (exact) mass is 488 g/mol. The highest BCUT2D eigenvalue weighted by molar-refractivity contribution is 5.55. The van der Waals surface area contributed by atoms with Gasteiger partial charge in [-0.05, 0) is 37.7 Å².